The van der Waals surface area contributed by atoms with Gasteiger partial charge in [0.05, 0.1) is 11.4 Å². The van der Waals surface area contributed by atoms with Crippen molar-refractivity contribution in [3.63, 3.8) is 0 Å². The van der Waals surface area contributed by atoms with Crippen LogP contribution in [0.1, 0.15) is 42.5 Å². The van der Waals surface area contributed by atoms with E-state index in [4.69, 9.17) is 12.2 Å². The molecule has 3 heterocycles. The molecule has 35 heavy (non-hydrogen) atoms. The number of benzene rings is 1. The first-order chi connectivity index (χ1) is 16.6. The molecule has 0 N–H and O–H groups in total. The summed E-state index contributed by atoms with van der Waals surface area (Å²) >= 11 is 6.68. The van der Waals surface area contributed by atoms with Crippen molar-refractivity contribution < 1.29 is 9.18 Å². The van der Waals surface area contributed by atoms with Crippen LogP contribution < -0.4 is 10.5 Å². The number of aromatic nitrogens is 1. The molecule has 182 valence electrons. The van der Waals surface area contributed by atoms with Crippen LogP contribution in [-0.2, 0) is 18.4 Å². The highest BCUT2D eigenvalue weighted by Gasteiger charge is 2.34. The zero-order valence-corrected chi connectivity index (χ0v) is 21.8. The van der Waals surface area contributed by atoms with Gasteiger partial charge >= 0.3 is 0 Å². The Morgan fingerprint density at radius 2 is 1.83 bits per heavy atom. The minimum Gasteiger partial charge on any atom is -0.357 e. The molecule has 1 aromatic carbocycles. The van der Waals surface area contributed by atoms with E-state index >= 15 is 0 Å². The number of carbonyl (C=O) groups is 1. The van der Waals surface area contributed by atoms with E-state index in [1.807, 2.05) is 6.07 Å². The molecule has 2 aliphatic heterocycles. The predicted molar refractivity (Wildman–Crippen MR) is 141 cm³/mol. The van der Waals surface area contributed by atoms with Gasteiger partial charge in [-0.1, -0.05) is 50.0 Å². The van der Waals surface area contributed by atoms with Gasteiger partial charge in [-0.05, 0) is 54.5 Å². The van der Waals surface area contributed by atoms with Crippen LogP contribution >= 0.6 is 24.0 Å². The Morgan fingerprint density at radius 1 is 1.20 bits per heavy atom. The molecule has 1 aromatic heterocycles. The fraction of sp³-hybridized carbons (Fsp3) is 0.385. The highest BCUT2D eigenvalue weighted by molar-refractivity contribution is 8.26. The Hall–Kier alpha value is -2.96. The minimum atomic E-state index is -0.341. The molecule has 2 saturated heterocycles. The second kappa shape index (κ2) is 9.96. The number of thiocarbonyl (C=S) groups is 1. The van der Waals surface area contributed by atoms with E-state index in [0.717, 1.165) is 25.1 Å². The maximum Gasteiger partial charge on any atom is 0.270 e. The third-order valence-electron chi connectivity index (χ3n) is 6.54. The van der Waals surface area contributed by atoms with Crippen molar-refractivity contribution in [3.8, 4) is 6.07 Å². The number of nitriles is 1. The fourth-order valence-corrected chi connectivity index (χ4v) is 6.21. The monoisotopic (exact) mass is 510 g/mol. The second-order valence-electron chi connectivity index (χ2n) is 9.46. The molecule has 0 spiro atoms. The lowest BCUT2D eigenvalue weighted by atomic mass is 9.91. The molecular formula is C26H27FN4O2S2. The number of nitrogens with zero attached hydrogens (tertiary/aromatic N) is 4. The van der Waals surface area contributed by atoms with E-state index in [1.54, 1.807) is 32.2 Å². The number of anilines is 1. The van der Waals surface area contributed by atoms with Crippen LogP contribution in [0.4, 0.5) is 10.2 Å². The third-order valence-corrected chi connectivity index (χ3v) is 7.92. The van der Waals surface area contributed by atoms with Crippen molar-refractivity contribution in [2.75, 3.05) is 18.0 Å². The first-order valence-electron chi connectivity index (χ1n) is 11.5. The Kier molecular flexibility index (Phi) is 7.15. The quantitative estimate of drug-likeness (QED) is 0.443. The van der Waals surface area contributed by atoms with Gasteiger partial charge in [0.25, 0.3) is 11.5 Å². The summed E-state index contributed by atoms with van der Waals surface area (Å²) in [5.74, 6) is 1.03. The number of halogens is 1. The van der Waals surface area contributed by atoms with Crippen molar-refractivity contribution in [1.82, 2.24) is 9.47 Å². The number of hydrogen-bond acceptors (Lipinski definition) is 6. The molecule has 2 aromatic rings. The van der Waals surface area contributed by atoms with Gasteiger partial charge in [-0.2, -0.15) is 5.26 Å². The molecular weight excluding hydrogens is 483 g/mol. The number of piperidine rings is 1. The maximum absolute atomic E-state index is 13.3. The van der Waals surface area contributed by atoms with Gasteiger partial charge in [0.1, 0.15) is 27.6 Å². The van der Waals surface area contributed by atoms with E-state index < -0.39 is 0 Å². The van der Waals surface area contributed by atoms with Crippen LogP contribution in [0.2, 0.25) is 0 Å². The lowest BCUT2D eigenvalue weighted by Crippen LogP contribution is -2.42. The summed E-state index contributed by atoms with van der Waals surface area (Å²) < 4.78 is 15.2. The highest BCUT2D eigenvalue weighted by atomic mass is 32.2. The topological polar surface area (TPSA) is 69.3 Å². The molecule has 4 rings (SSSR count). The Balaban J connectivity index is 1.78. The molecule has 9 heteroatoms. The van der Waals surface area contributed by atoms with Gasteiger partial charge in [-0.3, -0.25) is 19.1 Å². The van der Waals surface area contributed by atoms with Crippen molar-refractivity contribution >= 4 is 46.1 Å². The molecule has 0 saturated carbocycles. The molecule has 0 aliphatic carbocycles. The molecule has 2 aliphatic rings. The van der Waals surface area contributed by atoms with Gasteiger partial charge in [0, 0.05) is 25.7 Å². The molecule has 2 atom stereocenters. The van der Waals surface area contributed by atoms with Crippen LogP contribution in [0.25, 0.3) is 6.08 Å². The smallest absolute Gasteiger partial charge is 0.270 e. The summed E-state index contributed by atoms with van der Waals surface area (Å²) in [4.78, 5) is 30.4. The van der Waals surface area contributed by atoms with E-state index in [0.29, 0.717) is 38.0 Å². The van der Waals surface area contributed by atoms with E-state index in [-0.39, 0.29) is 29.4 Å². The highest BCUT2D eigenvalue weighted by Crippen LogP contribution is 2.37. The standard InChI is InChI=1S/C26H27FN4O2S2/c1-15-9-16(2)13-30(12-15)23-20(17(3)21(11-28)24(32)29(23)4)10-22-25(33)31(26(34)35-22)14-18-5-7-19(27)8-6-18/h5-8,10,15-16H,9,12-14H2,1-4H3/b22-10-. The van der Waals surface area contributed by atoms with E-state index in [2.05, 4.69) is 18.7 Å². The normalized spacial score (nSPS) is 21.7. The van der Waals surface area contributed by atoms with Crippen molar-refractivity contribution in [3.05, 3.63) is 67.6 Å². The second-order valence-corrected chi connectivity index (χ2v) is 11.1. The summed E-state index contributed by atoms with van der Waals surface area (Å²) in [6.07, 6.45) is 2.87. The number of pyridine rings is 1. The van der Waals surface area contributed by atoms with Crippen LogP contribution in [0.3, 0.4) is 0 Å². The summed E-state index contributed by atoms with van der Waals surface area (Å²) in [5.41, 5.74) is 1.74. The summed E-state index contributed by atoms with van der Waals surface area (Å²) in [7, 11) is 1.68. The average molecular weight is 511 g/mol. The number of thioether (sulfide) groups is 1. The molecule has 0 radical (unpaired) electrons. The average Bonchev–Trinajstić information content (AvgIpc) is 3.06. The first kappa shape index (κ1) is 25.1. The Labute approximate surface area is 214 Å². The van der Waals surface area contributed by atoms with Gasteiger partial charge in [-0.25, -0.2) is 4.39 Å². The van der Waals surface area contributed by atoms with Crippen LogP contribution in [0.15, 0.2) is 34.0 Å². The van der Waals surface area contributed by atoms with Crippen molar-refractivity contribution in [1.29, 1.82) is 5.26 Å². The SMILES string of the molecule is Cc1c(/C=C2\SC(=S)N(Cc3ccc(F)cc3)C2=O)c(N2CC(C)CC(C)C2)n(C)c(=O)c1C#N. The van der Waals surface area contributed by atoms with Crippen LogP contribution in [0, 0.1) is 35.9 Å². The van der Waals surface area contributed by atoms with Gasteiger partial charge in [-0.15, -0.1) is 0 Å². The van der Waals surface area contributed by atoms with E-state index in [9.17, 15) is 19.2 Å². The third kappa shape index (κ3) is 4.91. The maximum atomic E-state index is 13.3. The molecule has 2 fully saturated rings. The Bertz CT molecular complexity index is 1320. The van der Waals surface area contributed by atoms with Crippen molar-refractivity contribution in [2.45, 2.75) is 33.7 Å². The lowest BCUT2D eigenvalue weighted by Gasteiger charge is -2.38. The zero-order chi connectivity index (χ0) is 25.4. The molecule has 0 bridgehead atoms. The number of carbonyl (C=O) groups excluding carboxylic acids is 1. The lowest BCUT2D eigenvalue weighted by molar-refractivity contribution is -0.122. The van der Waals surface area contributed by atoms with Gasteiger partial charge in [0.15, 0.2) is 0 Å². The Morgan fingerprint density at radius 3 is 2.43 bits per heavy atom. The van der Waals surface area contributed by atoms with Crippen molar-refractivity contribution in [2.24, 2.45) is 18.9 Å². The van der Waals surface area contributed by atoms with E-state index in [1.165, 1.54) is 33.4 Å². The van der Waals surface area contributed by atoms with Gasteiger partial charge < -0.3 is 4.90 Å². The predicted octanol–water partition coefficient (Wildman–Crippen LogP) is 4.59. The summed E-state index contributed by atoms with van der Waals surface area (Å²) in [5, 5.41) is 9.69. The molecule has 2 unspecified atom stereocenters. The summed E-state index contributed by atoms with van der Waals surface area (Å²) in [6.45, 7) is 7.96. The molecule has 1 amide bonds. The first-order valence-corrected chi connectivity index (χ1v) is 12.7. The molecule has 6 nitrogen and oxygen atoms in total. The number of amides is 1. The minimum absolute atomic E-state index is 0.0717. The zero-order valence-electron chi connectivity index (χ0n) is 20.2. The van der Waals surface area contributed by atoms with Gasteiger partial charge in [0.2, 0.25) is 0 Å². The number of rotatable bonds is 4. The van der Waals surface area contributed by atoms with Crippen LogP contribution in [0.5, 0.6) is 0 Å². The summed E-state index contributed by atoms with van der Waals surface area (Å²) in [6, 6.07) is 8.01. The van der Waals surface area contributed by atoms with Crippen LogP contribution in [-0.4, -0.2) is 32.8 Å². The largest absolute Gasteiger partial charge is 0.357 e. The number of hydrogen-bond donors (Lipinski definition) is 0. The fourth-order valence-electron chi connectivity index (χ4n) is 4.97.